The molecule has 17 heavy (non-hydrogen) atoms. The molecule has 0 aromatic heterocycles. The molecule has 1 aliphatic carbocycles. The van der Waals surface area contributed by atoms with Crippen molar-refractivity contribution >= 4 is 0 Å². The molecular weight excluding hydrogens is 220 g/mol. The zero-order valence-electron chi connectivity index (χ0n) is 10.4. The van der Waals surface area contributed by atoms with Crippen LogP contribution in [0.5, 0.6) is 0 Å². The lowest BCUT2D eigenvalue weighted by molar-refractivity contribution is 0.354. The predicted octanol–water partition coefficient (Wildman–Crippen LogP) is 3.29. The molecule has 2 rings (SSSR count). The van der Waals surface area contributed by atoms with Gasteiger partial charge in [0.25, 0.3) is 0 Å². The minimum atomic E-state index is -0.751. The maximum atomic E-state index is 13.6. The highest BCUT2D eigenvalue weighted by atomic mass is 19.2. The van der Waals surface area contributed by atoms with E-state index in [0.717, 1.165) is 6.54 Å². The number of likely N-dealkylation sites (N-methyl/N-ethyl adjacent to an activating group) is 1. The maximum Gasteiger partial charge on any atom is 0.162 e. The van der Waals surface area contributed by atoms with Crippen molar-refractivity contribution in [3.05, 3.63) is 35.4 Å². The summed E-state index contributed by atoms with van der Waals surface area (Å²) in [7, 11) is 0. The van der Waals surface area contributed by atoms with Crippen LogP contribution in [0.25, 0.3) is 0 Å². The Labute approximate surface area is 101 Å². The van der Waals surface area contributed by atoms with E-state index < -0.39 is 11.6 Å². The quantitative estimate of drug-likeness (QED) is 0.831. The molecule has 1 aromatic rings. The SMILES string of the molecule is CCNC(Cc1cccc(F)c1F)C1(C)CC1. The highest BCUT2D eigenvalue weighted by molar-refractivity contribution is 5.21. The Hall–Kier alpha value is -0.960. The normalized spacial score (nSPS) is 19.1. The van der Waals surface area contributed by atoms with Crippen LogP contribution in [0.15, 0.2) is 18.2 Å². The van der Waals surface area contributed by atoms with Crippen LogP contribution in [-0.4, -0.2) is 12.6 Å². The monoisotopic (exact) mass is 239 g/mol. The van der Waals surface area contributed by atoms with Gasteiger partial charge in [0.15, 0.2) is 11.6 Å². The fourth-order valence-electron chi connectivity index (χ4n) is 2.28. The van der Waals surface area contributed by atoms with Crippen molar-refractivity contribution in [1.29, 1.82) is 0 Å². The van der Waals surface area contributed by atoms with Crippen molar-refractivity contribution in [2.24, 2.45) is 5.41 Å². The van der Waals surface area contributed by atoms with E-state index in [0.29, 0.717) is 12.0 Å². The van der Waals surface area contributed by atoms with Gasteiger partial charge in [-0.05, 0) is 42.9 Å². The Kier molecular flexibility index (Phi) is 3.48. The zero-order chi connectivity index (χ0) is 12.5. The highest BCUT2D eigenvalue weighted by Crippen LogP contribution is 2.49. The third-order valence-corrected chi connectivity index (χ3v) is 3.79. The van der Waals surface area contributed by atoms with Gasteiger partial charge in [0.1, 0.15) is 0 Å². The Bertz CT molecular complexity index is 399. The number of hydrogen-bond acceptors (Lipinski definition) is 1. The first-order valence-electron chi connectivity index (χ1n) is 6.23. The van der Waals surface area contributed by atoms with Crippen LogP contribution in [0.4, 0.5) is 8.78 Å². The second kappa shape index (κ2) is 4.73. The Morgan fingerprint density at radius 3 is 2.65 bits per heavy atom. The van der Waals surface area contributed by atoms with Crippen molar-refractivity contribution < 1.29 is 8.78 Å². The molecule has 94 valence electrons. The molecule has 0 spiro atoms. The average Bonchev–Trinajstić information content (AvgIpc) is 3.03. The minimum absolute atomic E-state index is 0.240. The standard InChI is InChI=1S/C14H19F2N/c1-3-17-12(14(2)7-8-14)9-10-5-4-6-11(15)13(10)16/h4-6,12,17H,3,7-9H2,1-2H3. The molecule has 0 heterocycles. The highest BCUT2D eigenvalue weighted by Gasteiger charge is 2.44. The minimum Gasteiger partial charge on any atom is -0.313 e. The van der Waals surface area contributed by atoms with E-state index >= 15 is 0 Å². The molecule has 1 unspecified atom stereocenters. The molecule has 1 aliphatic rings. The average molecular weight is 239 g/mol. The largest absolute Gasteiger partial charge is 0.313 e. The van der Waals surface area contributed by atoms with Gasteiger partial charge in [0, 0.05) is 6.04 Å². The van der Waals surface area contributed by atoms with Crippen LogP contribution >= 0.6 is 0 Å². The van der Waals surface area contributed by atoms with Gasteiger partial charge >= 0.3 is 0 Å². The van der Waals surface area contributed by atoms with Crippen LogP contribution in [0.3, 0.4) is 0 Å². The molecule has 1 nitrogen and oxygen atoms in total. The van der Waals surface area contributed by atoms with E-state index in [2.05, 4.69) is 12.2 Å². The molecule has 1 fully saturated rings. The molecule has 1 atom stereocenters. The van der Waals surface area contributed by atoms with E-state index in [-0.39, 0.29) is 11.5 Å². The van der Waals surface area contributed by atoms with E-state index in [1.54, 1.807) is 12.1 Å². The van der Waals surface area contributed by atoms with E-state index in [9.17, 15) is 8.78 Å². The third-order valence-electron chi connectivity index (χ3n) is 3.79. The van der Waals surface area contributed by atoms with Gasteiger partial charge in [-0.3, -0.25) is 0 Å². The Balaban J connectivity index is 2.14. The second-order valence-electron chi connectivity index (χ2n) is 5.18. The van der Waals surface area contributed by atoms with Gasteiger partial charge in [-0.2, -0.15) is 0 Å². The molecule has 0 radical (unpaired) electrons. The first-order valence-corrected chi connectivity index (χ1v) is 6.23. The molecule has 1 aromatic carbocycles. The summed E-state index contributed by atoms with van der Waals surface area (Å²) in [5, 5.41) is 3.39. The molecule has 0 amide bonds. The molecule has 0 aliphatic heterocycles. The Morgan fingerprint density at radius 1 is 1.35 bits per heavy atom. The summed E-state index contributed by atoms with van der Waals surface area (Å²) >= 11 is 0. The molecule has 1 N–H and O–H groups in total. The predicted molar refractivity (Wildman–Crippen MR) is 64.9 cm³/mol. The number of halogens is 2. The summed E-state index contributed by atoms with van der Waals surface area (Å²) in [5.74, 6) is -1.45. The fraction of sp³-hybridized carbons (Fsp3) is 0.571. The fourth-order valence-corrected chi connectivity index (χ4v) is 2.28. The van der Waals surface area contributed by atoms with Crippen LogP contribution in [0.1, 0.15) is 32.3 Å². The number of nitrogens with one attached hydrogen (secondary N) is 1. The lowest BCUT2D eigenvalue weighted by atomic mass is 9.92. The van der Waals surface area contributed by atoms with Gasteiger partial charge in [-0.1, -0.05) is 26.0 Å². The summed E-state index contributed by atoms with van der Waals surface area (Å²) in [6.45, 7) is 5.11. The zero-order valence-corrected chi connectivity index (χ0v) is 10.4. The first-order chi connectivity index (χ1) is 8.07. The van der Waals surface area contributed by atoms with Gasteiger partial charge in [0.2, 0.25) is 0 Å². The summed E-state index contributed by atoms with van der Waals surface area (Å²) in [6, 6.07) is 4.66. The topological polar surface area (TPSA) is 12.0 Å². The van der Waals surface area contributed by atoms with Crippen LogP contribution < -0.4 is 5.32 Å². The van der Waals surface area contributed by atoms with Crippen LogP contribution in [0.2, 0.25) is 0 Å². The van der Waals surface area contributed by atoms with Crippen molar-refractivity contribution in [3.63, 3.8) is 0 Å². The van der Waals surface area contributed by atoms with E-state index in [4.69, 9.17) is 0 Å². The lowest BCUT2D eigenvalue weighted by Crippen LogP contribution is -2.38. The summed E-state index contributed by atoms with van der Waals surface area (Å²) in [4.78, 5) is 0. The van der Waals surface area contributed by atoms with Crippen molar-refractivity contribution in [3.8, 4) is 0 Å². The summed E-state index contributed by atoms with van der Waals surface area (Å²) in [5.41, 5.74) is 0.735. The number of rotatable bonds is 5. The van der Waals surface area contributed by atoms with Crippen molar-refractivity contribution in [2.75, 3.05) is 6.54 Å². The number of benzene rings is 1. The third kappa shape index (κ3) is 2.65. The molecule has 1 saturated carbocycles. The Morgan fingerprint density at radius 2 is 2.06 bits per heavy atom. The van der Waals surface area contributed by atoms with Gasteiger partial charge < -0.3 is 5.32 Å². The van der Waals surface area contributed by atoms with Crippen molar-refractivity contribution in [1.82, 2.24) is 5.32 Å². The van der Waals surface area contributed by atoms with Crippen LogP contribution in [0, 0.1) is 17.0 Å². The van der Waals surface area contributed by atoms with Crippen molar-refractivity contribution in [2.45, 2.75) is 39.2 Å². The van der Waals surface area contributed by atoms with Gasteiger partial charge in [0.05, 0.1) is 0 Å². The maximum absolute atomic E-state index is 13.6. The smallest absolute Gasteiger partial charge is 0.162 e. The second-order valence-corrected chi connectivity index (χ2v) is 5.18. The molecular formula is C14H19F2N. The molecule has 0 saturated heterocycles. The van der Waals surface area contributed by atoms with Gasteiger partial charge in [-0.15, -0.1) is 0 Å². The van der Waals surface area contributed by atoms with E-state index in [1.165, 1.54) is 18.9 Å². The molecule has 3 heteroatoms. The summed E-state index contributed by atoms with van der Waals surface area (Å²) < 4.78 is 26.7. The van der Waals surface area contributed by atoms with Gasteiger partial charge in [-0.25, -0.2) is 8.78 Å². The first kappa shape index (κ1) is 12.5. The van der Waals surface area contributed by atoms with E-state index in [1.807, 2.05) is 6.92 Å². The summed E-state index contributed by atoms with van der Waals surface area (Å²) in [6.07, 6.45) is 2.90. The lowest BCUT2D eigenvalue weighted by Gasteiger charge is -2.24. The molecule has 0 bridgehead atoms. The van der Waals surface area contributed by atoms with Crippen LogP contribution in [-0.2, 0) is 6.42 Å². The number of hydrogen-bond donors (Lipinski definition) is 1.